The lowest BCUT2D eigenvalue weighted by atomic mass is 9.99. The minimum absolute atomic E-state index is 0.0358. The zero-order chi connectivity index (χ0) is 16.9. The molecule has 3 nitrogen and oxygen atoms in total. The molecule has 1 amide bonds. The molecule has 1 N–H and O–H groups in total. The summed E-state index contributed by atoms with van der Waals surface area (Å²) in [5.41, 5.74) is 2.52. The van der Waals surface area contributed by atoms with E-state index in [-0.39, 0.29) is 18.0 Å². The standard InChI is InChI=1S/C21H26N2O/c1-16(18-9-5-3-6-10-18)22-21(24)17(2)23-14-13-20(15-23)19-11-7-4-8-12-19/h3-12,16-17,20H,13-15H2,1-2H3,(H,22,24)/t16-,17-,20+/m0/s1. The van der Waals surface area contributed by atoms with Gasteiger partial charge in [0.2, 0.25) is 5.91 Å². The van der Waals surface area contributed by atoms with E-state index in [2.05, 4.69) is 52.7 Å². The van der Waals surface area contributed by atoms with Gasteiger partial charge in [0.15, 0.2) is 0 Å². The average Bonchev–Trinajstić information content (AvgIpc) is 3.12. The van der Waals surface area contributed by atoms with Gasteiger partial charge in [-0.3, -0.25) is 9.69 Å². The van der Waals surface area contributed by atoms with Crippen LogP contribution in [0.25, 0.3) is 0 Å². The predicted octanol–water partition coefficient (Wildman–Crippen LogP) is 3.74. The van der Waals surface area contributed by atoms with Crippen LogP contribution < -0.4 is 5.32 Å². The predicted molar refractivity (Wildman–Crippen MR) is 97.8 cm³/mol. The molecule has 3 atom stereocenters. The number of hydrogen-bond acceptors (Lipinski definition) is 2. The summed E-state index contributed by atoms with van der Waals surface area (Å²) in [5.74, 6) is 0.646. The van der Waals surface area contributed by atoms with E-state index >= 15 is 0 Å². The minimum Gasteiger partial charge on any atom is -0.348 e. The SMILES string of the molecule is C[C@H](NC(=O)[C@H](C)N1CC[C@@H](c2ccccc2)C1)c1ccccc1. The first-order valence-corrected chi connectivity index (χ1v) is 8.79. The van der Waals surface area contributed by atoms with Gasteiger partial charge in [-0.05, 0) is 43.9 Å². The number of benzene rings is 2. The summed E-state index contributed by atoms with van der Waals surface area (Å²) in [6, 6.07) is 20.7. The fourth-order valence-corrected chi connectivity index (χ4v) is 3.46. The Morgan fingerprint density at radius 1 is 1.04 bits per heavy atom. The lowest BCUT2D eigenvalue weighted by molar-refractivity contribution is -0.126. The summed E-state index contributed by atoms with van der Waals surface area (Å²) in [7, 11) is 0. The van der Waals surface area contributed by atoms with Crippen molar-refractivity contribution in [2.24, 2.45) is 0 Å². The van der Waals surface area contributed by atoms with E-state index in [1.165, 1.54) is 5.56 Å². The van der Waals surface area contributed by atoms with Crippen molar-refractivity contribution in [1.82, 2.24) is 10.2 Å². The Morgan fingerprint density at radius 2 is 1.67 bits per heavy atom. The van der Waals surface area contributed by atoms with Crippen LogP contribution in [0.5, 0.6) is 0 Å². The molecule has 0 spiro atoms. The quantitative estimate of drug-likeness (QED) is 0.909. The molecule has 0 aliphatic carbocycles. The molecule has 3 rings (SSSR count). The highest BCUT2D eigenvalue weighted by Gasteiger charge is 2.30. The first-order valence-electron chi connectivity index (χ1n) is 8.79. The maximum absolute atomic E-state index is 12.6. The van der Waals surface area contributed by atoms with E-state index in [0.717, 1.165) is 25.1 Å². The molecule has 2 aromatic carbocycles. The van der Waals surface area contributed by atoms with Crippen molar-refractivity contribution in [3.8, 4) is 0 Å². The number of amides is 1. The van der Waals surface area contributed by atoms with Crippen molar-refractivity contribution in [2.45, 2.75) is 38.3 Å². The van der Waals surface area contributed by atoms with Crippen molar-refractivity contribution in [3.63, 3.8) is 0 Å². The Kier molecular flexibility index (Phi) is 5.31. The number of nitrogens with zero attached hydrogens (tertiary/aromatic N) is 1. The fourth-order valence-electron chi connectivity index (χ4n) is 3.46. The van der Waals surface area contributed by atoms with Gasteiger partial charge in [0, 0.05) is 6.54 Å². The molecule has 1 heterocycles. The summed E-state index contributed by atoms with van der Waals surface area (Å²) in [5, 5.41) is 3.15. The lowest BCUT2D eigenvalue weighted by Crippen LogP contribution is -2.44. The highest BCUT2D eigenvalue weighted by molar-refractivity contribution is 5.81. The van der Waals surface area contributed by atoms with Crippen molar-refractivity contribution in [3.05, 3.63) is 71.8 Å². The van der Waals surface area contributed by atoms with Crippen LogP contribution in [0.2, 0.25) is 0 Å². The van der Waals surface area contributed by atoms with Crippen LogP contribution in [-0.4, -0.2) is 29.9 Å². The van der Waals surface area contributed by atoms with Crippen LogP contribution in [0, 0.1) is 0 Å². The molecule has 24 heavy (non-hydrogen) atoms. The zero-order valence-corrected chi connectivity index (χ0v) is 14.5. The van der Waals surface area contributed by atoms with Gasteiger partial charge in [0.25, 0.3) is 0 Å². The molecule has 1 aliphatic rings. The van der Waals surface area contributed by atoms with Gasteiger partial charge >= 0.3 is 0 Å². The third-order valence-electron chi connectivity index (χ3n) is 5.08. The summed E-state index contributed by atoms with van der Waals surface area (Å²) < 4.78 is 0. The van der Waals surface area contributed by atoms with Gasteiger partial charge in [-0.25, -0.2) is 0 Å². The highest BCUT2D eigenvalue weighted by atomic mass is 16.2. The maximum atomic E-state index is 12.6. The topological polar surface area (TPSA) is 32.3 Å². The van der Waals surface area contributed by atoms with Crippen molar-refractivity contribution in [1.29, 1.82) is 0 Å². The van der Waals surface area contributed by atoms with Gasteiger partial charge in [-0.1, -0.05) is 60.7 Å². The third kappa shape index (κ3) is 3.85. The molecule has 0 radical (unpaired) electrons. The molecule has 0 aromatic heterocycles. The van der Waals surface area contributed by atoms with Crippen LogP contribution in [0.3, 0.4) is 0 Å². The maximum Gasteiger partial charge on any atom is 0.237 e. The Balaban J connectivity index is 1.56. The summed E-state index contributed by atoms with van der Waals surface area (Å²) in [4.78, 5) is 14.9. The van der Waals surface area contributed by atoms with Crippen molar-refractivity contribution < 1.29 is 4.79 Å². The average molecular weight is 322 g/mol. The van der Waals surface area contributed by atoms with E-state index in [1.54, 1.807) is 0 Å². The number of carbonyl (C=O) groups is 1. The number of likely N-dealkylation sites (tertiary alicyclic amines) is 1. The monoisotopic (exact) mass is 322 g/mol. The number of nitrogens with one attached hydrogen (secondary N) is 1. The Morgan fingerprint density at radius 3 is 2.33 bits per heavy atom. The first-order chi connectivity index (χ1) is 11.6. The molecule has 0 bridgehead atoms. The summed E-state index contributed by atoms with van der Waals surface area (Å²) >= 11 is 0. The molecule has 3 heteroatoms. The number of rotatable bonds is 5. The van der Waals surface area contributed by atoms with Gasteiger partial charge in [-0.15, -0.1) is 0 Å². The fraction of sp³-hybridized carbons (Fsp3) is 0.381. The van der Waals surface area contributed by atoms with Crippen LogP contribution in [0.4, 0.5) is 0 Å². The molecule has 2 aromatic rings. The largest absolute Gasteiger partial charge is 0.348 e. The molecular weight excluding hydrogens is 296 g/mol. The van der Waals surface area contributed by atoms with Gasteiger partial charge in [0.1, 0.15) is 0 Å². The highest BCUT2D eigenvalue weighted by Crippen LogP contribution is 2.28. The molecule has 1 saturated heterocycles. The normalized spacial score (nSPS) is 20.5. The zero-order valence-electron chi connectivity index (χ0n) is 14.5. The van der Waals surface area contributed by atoms with Crippen molar-refractivity contribution >= 4 is 5.91 Å². The molecule has 126 valence electrons. The Hall–Kier alpha value is -2.13. The molecular formula is C21H26N2O. The van der Waals surface area contributed by atoms with E-state index < -0.39 is 0 Å². The van der Waals surface area contributed by atoms with Crippen LogP contribution in [0.15, 0.2) is 60.7 Å². The van der Waals surface area contributed by atoms with Crippen LogP contribution in [-0.2, 0) is 4.79 Å². The van der Waals surface area contributed by atoms with Crippen LogP contribution >= 0.6 is 0 Å². The summed E-state index contributed by atoms with van der Waals surface area (Å²) in [6.45, 7) is 5.99. The van der Waals surface area contributed by atoms with Crippen LogP contribution in [0.1, 0.15) is 43.4 Å². The molecule has 0 saturated carbocycles. The minimum atomic E-state index is -0.0927. The first kappa shape index (κ1) is 16.7. The van der Waals surface area contributed by atoms with Gasteiger partial charge in [0.05, 0.1) is 12.1 Å². The van der Waals surface area contributed by atoms with Gasteiger partial charge in [-0.2, -0.15) is 0 Å². The van der Waals surface area contributed by atoms with E-state index in [1.807, 2.05) is 32.0 Å². The Bertz CT molecular complexity index is 656. The molecule has 1 aliphatic heterocycles. The molecule has 0 unspecified atom stereocenters. The van der Waals surface area contributed by atoms with Crippen molar-refractivity contribution in [2.75, 3.05) is 13.1 Å². The van der Waals surface area contributed by atoms with E-state index in [9.17, 15) is 4.79 Å². The molecule has 1 fully saturated rings. The second-order valence-electron chi connectivity index (χ2n) is 6.71. The summed E-state index contributed by atoms with van der Waals surface area (Å²) in [6.07, 6.45) is 1.12. The second kappa shape index (κ2) is 7.63. The van der Waals surface area contributed by atoms with E-state index in [4.69, 9.17) is 0 Å². The number of carbonyl (C=O) groups excluding carboxylic acids is 1. The number of hydrogen-bond donors (Lipinski definition) is 1. The smallest absolute Gasteiger partial charge is 0.237 e. The lowest BCUT2D eigenvalue weighted by Gasteiger charge is -2.25. The Labute approximate surface area is 144 Å². The van der Waals surface area contributed by atoms with E-state index in [0.29, 0.717) is 5.92 Å². The van der Waals surface area contributed by atoms with Gasteiger partial charge < -0.3 is 5.32 Å². The second-order valence-corrected chi connectivity index (χ2v) is 6.71. The third-order valence-corrected chi connectivity index (χ3v) is 5.08.